The van der Waals surface area contributed by atoms with Crippen molar-refractivity contribution in [3.05, 3.63) is 47.0 Å². The second kappa shape index (κ2) is 7.90. The molecule has 1 N–H and O–H groups in total. The number of nitrogens with zero attached hydrogens (tertiary/aromatic N) is 1. The van der Waals surface area contributed by atoms with Crippen LogP contribution >= 0.6 is 0 Å². The number of carbonyl (C=O) groups excluding carboxylic acids is 1. The van der Waals surface area contributed by atoms with E-state index in [0.29, 0.717) is 34.1 Å². The molecule has 2 aromatic rings. The first-order valence-electron chi connectivity index (χ1n) is 8.85. The van der Waals surface area contributed by atoms with Crippen molar-refractivity contribution >= 4 is 11.9 Å². The van der Waals surface area contributed by atoms with Gasteiger partial charge in [-0.05, 0) is 35.9 Å². The molecule has 2 unspecified atom stereocenters. The summed E-state index contributed by atoms with van der Waals surface area (Å²) in [6.07, 6.45) is 0. The number of amides is 1. The van der Waals surface area contributed by atoms with E-state index in [1.165, 1.54) is 39.4 Å². The molecule has 0 aliphatic carbocycles. The van der Waals surface area contributed by atoms with E-state index >= 15 is 0 Å². The number of likely N-dealkylation sites (N-methyl/N-ethyl adjacent to an activating group) is 1. The summed E-state index contributed by atoms with van der Waals surface area (Å²) in [5.41, 5.74) is 1.15. The number of carboxylic acid groups (broad SMARTS) is 1. The Hall–Kier alpha value is -3.42. The van der Waals surface area contributed by atoms with E-state index in [4.69, 9.17) is 18.9 Å². The molecule has 1 heterocycles. The highest BCUT2D eigenvalue weighted by Gasteiger charge is 2.44. The average molecular weight is 401 g/mol. The zero-order valence-electron chi connectivity index (χ0n) is 16.9. The summed E-state index contributed by atoms with van der Waals surface area (Å²) in [6.45, 7) is 0. The molecule has 2 atom stereocenters. The number of carbonyl (C=O) groups is 2. The molecule has 1 amide bonds. The summed E-state index contributed by atoms with van der Waals surface area (Å²) in [7, 11) is 7.50. The Morgan fingerprint density at radius 2 is 1.52 bits per heavy atom. The number of ether oxygens (including phenoxy) is 4. The molecule has 2 aromatic carbocycles. The van der Waals surface area contributed by atoms with E-state index in [0.717, 1.165) is 0 Å². The van der Waals surface area contributed by atoms with Gasteiger partial charge in [-0.15, -0.1) is 0 Å². The van der Waals surface area contributed by atoms with Crippen LogP contribution in [0, 0.1) is 0 Å². The maximum absolute atomic E-state index is 13.2. The van der Waals surface area contributed by atoms with Crippen LogP contribution in [0.2, 0.25) is 0 Å². The van der Waals surface area contributed by atoms with Crippen molar-refractivity contribution in [2.75, 3.05) is 35.5 Å². The lowest BCUT2D eigenvalue weighted by Crippen LogP contribution is -2.42. The van der Waals surface area contributed by atoms with Crippen molar-refractivity contribution in [3.8, 4) is 23.0 Å². The molecule has 0 saturated carbocycles. The first kappa shape index (κ1) is 20.3. The molecule has 3 rings (SSSR count). The third-order valence-electron chi connectivity index (χ3n) is 5.20. The Morgan fingerprint density at radius 1 is 0.897 bits per heavy atom. The minimum Gasteiger partial charge on any atom is -0.497 e. The molecule has 0 aromatic heterocycles. The summed E-state index contributed by atoms with van der Waals surface area (Å²) in [4.78, 5) is 26.9. The first-order chi connectivity index (χ1) is 13.9. The van der Waals surface area contributed by atoms with Gasteiger partial charge in [0.1, 0.15) is 17.4 Å². The predicted octanol–water partition coefficient (Wildman–Crippen LogP) is 2.72. The van der Waals surface area contributed by atoms with Crippen molar-refractivity contribution in [1.29, 1.82) is 0 Å². The molecule has 0 saturated heterocycles. The van der Waals surface area contributed by atoms with Crippen molar-refractivity contribution < 1.29 is 33.6 Å². The SMILES string of the molecule is COc1ccc(OC)c(C2C(C(=O)O)c3cc(OC)c(OC)cc3C(=O)N2C)c1. The highest BCUT2D eigenvalue weighted by molar-refractivity contribution is 6.01. The molecule has 8 heteroatoms. The number of benzene rings is 2. The average Bonchev–Trinajstić information content (AvgIpc) is 2.74. The van der Waals surface area contributed by atoms with E-state index in [-0.39, 0.29) is 11.5 Å². The van der Waals surface area contributed by atoms with Gasteiger partial charge in [-0.2, -0.15) is 0 Å². The number of rotatable bonds is 6. The van der Waals surface area contributed by atoms with Gasteiger partial charge >= 0.3 is 5.97 Å². The summed E-state index contributed by atoms with van der Waals surface area (Å²) >= 11 is 0. The lowest BCUT2D eigenvalue weighted by molar-refractivity contribution is -0.140. The molecular formula is C21H23NO7. The van der Waals surface area contributed by atoms with Crippen LogP contribution in [-0.4, -0.2) is 57.4 Å². The fraction of sp³-hybridized carbons (Fsp3) is 0.333. The van der Waals surface area contributed by atoms with E-state index in [2.05, 4.69) is 0 Å². The van der Waals surface area contributed by atoms with Crippen molar-refractivity contribution in [2.24, 2.45) is 0 Å². The van der Waals surface area contributed by atoms with Gasteiger partial charge in [-0.25, -0.2) is 0 Å². The number of carboxylic acids is 1. The van der Waals surface area contributed by atoms with Gasteiger partial charge in [0.2, 0.25) is 0 Å². The highest BCUT2D eigenvalue weighted by atomic mass is 16.5. The van der Waals surface area contributed by atoms with Gasteiger partial charge in [0.15, 0.2) is 11.5 Å². The standard InChI is InChI=1S/C21H23NO7/c1-22-19(14-8-11(26-2)6-7-15(14)27-3)18(21(24)25)12-9-16(28-4)17(29-5)10-13(12)20(22)23/h6-10,18-19H,1-5H3,(H,24,25). The zero-order valence-corrected chi connectivity index (χ0v) is 16.9. The van der Waals surface area contributed by atoms with Crippen molar-refractivity contribution in [3.63, 3.8) is 0 Å². The quantitative estimate of drug-likeness (QED) is 0.795. The highest BCUT2D eigenvalue weighted by Crippen LogP contribution is 2.48. The molecule has 1 aliphatic heterocycles. The molecule has 154 valence electrons. The molecule has 0 fully saturated rings. The molecule has 0 bridgehead atoms. The van der Waals surface area contributed by atoms with Crippen molar-refractivity contribution in [2.45, 2.75) is 12.0 Å². The van der Waals surface area contributed by atoms with Crippen LogP contribution in [0.5, 0.6) is 23.0 Å². The van der Waals surface area contributed by atoms with Crippen LogP contribution in [0.4, 0.5) is 0 Å². The van der Waals surface area contributed by atoms with Gasteiger partial charge in [-0.1, -0.05) is 0 Å². The molecule has 0 radical (unpaired) electrons. The molecule has 8 nitrogen and oxygen atoms in total. The second-order valence-electron chi connectivity index (χ2n) is 6.58. The van der Waals surface area contributed by atoms with Gasteiger partial charge in [0, 0.05) is 18.2 Å². The van der Waals surface area contributed by atoms with E-state index in [1.54, 1.807) is 31.3 Å². The maximum atomic E-state index is 13.2. The van der Waals surface area contributed by atoms with Crippen LogP contribution in [0.15, 0.2) is 30.3 Å². The smallest absolute Gasteiger partial charge is 0.313 e. The topological polar surface area (TPSA) is 94.5 Å². The fourth-order valence-electron chi connectivity index (χ4n) is 3.77. The molecular weight excluding hydrogens is 378 g/mol. The van der Waals surface area contributed by atoms with Crippen LogP contribution in [0.1, 0.15) is 33.4 Å². The van der Waals surface area contributed by atoms with Crippen molar-refractivity contribution in [1.82, 2.24) is 4.90 Å². The third-order valence-corrected chi connectivity index (χ3v) is 5.20. The largest absolute Gasteiger partial charge is 0.497 e. The predicted molar refractivity (Wildman–Crippen MR) is 104 cm³/mol. The number of hydrogen-bond acceptors (Lipinski definition) is 6. The number of aliphatic carboxylic acids is 1. The summed E-state index contributed by atoms with van der Waals surface area (Å²) in [5.74, 6) is -0.746. The maximum Gasteiger partial charge on any atom is 0.313 e. The van der Waals surface area contributed by atoms with E-state index in [1.807, 2.05) is 0 Å². The van der Waals surface area contributed by atoms with Crippen LogP contribution in [-0.2, 0) is 4.79 Å². The minimum atomic E-state index is -1.08. The lowest BCUT2D eigenvalue weighted by Gasteiger charge is -2.39. The van der Waals surface area contributed by atoms with E-state index in [9.17, 15) is 14.7 Å². The summed E-state index contributed by atoms with van der Waals surface area (Å²) in [5, 5.41) is 10.1. The van der Waals surface area contributed by atoms with Crippen LogP contribution in [0.3, 0.4) is 0 Å². The number of hydrogen-bond donors (Lipinski definition) is 1. The second-order valence-corrected chi connectivity index (χ2v) is 6.58. The number of fused-ring (bicyclic) bond motifs is 1. The monoisotopic (exact) mass is 401 g/mol. The Balaban J connectivity index is 2.28. The molecule has 0 spiro atoms. The Labute approximate surface area is 168 Å². The molecule has 29 heavy (non-hydrogen) atoms. The normalized spacial score (nSPS) is 18.1. The number of methoxy groups -OCH3 is 4. The summed E-state index contributed by atoms with van der Waals surface area (Å²) < 4.78 is 21.4. The third kappa shape index (κ3) is 3.30. The zero-order chi connectivity index (χ0) is 21.3. The minimum absolute atomic E-state index is 0.260. The first-order valence-corrected chi connectivity index (χ1v) is 8.85. The van der Waals surface area contributed by atoms with Gasteiger partial charge < -0.3 is 29.0 Å². The molecule has 1 aliphatic rings. The lowest BCUT2D eigenvalue weighted by atomic mass is 9.79. The Kier molecular flexibility index (Phi) is 5.54. The fourth-order valence-corrected chi connectivity index (χ4v) is 3.77. The van der Waals surface area contributed by atoms with Gasteiger partial charge in [0.25, 0.3) is 5.91 Å². The van der Waals surface area contributed by atoms with Gasteiger partial charge in [-0.3, -0.25) is 9.59 Å². The van der Waals surface area contributed by atoms with Gasteiger partial charge in [0.05, 0.1) is 34.5 Å². The van der Waals surface area contributed by atoms with Crippen LogP contribution in [0.25, 0.3) is 0 Å². The van der Waals surface area contributed by atoms with E-state index < -0.39 is 17.9 Å². The Bertz CT molecular complexity index is 956. The summed E-state index contributed by atoms with van der Waals surface area (Å²) in [6, 6.07) is 7.35. The van der Waals surface area contributed by atoms with Crippen LogP contribution < -0.4 is 18.9 Å². The Morgan fingerprint density at radius 3 is 2.07 bits per heavy atom.